The van der Waals surface area contributed by atoms with Crippen molar-refractivity contribution in [3.63, 3.8) is 0 Å². The highest BCUT2D eigenvalue weighted by Crippen LogP contribution is 2.30. The smallest absolute Gasteiger partial charge is 0.368 e. The van der Waals surface area contributed by atoms with E-state index >= 15 is 0 Å². The monoisotopic (exact) mass is 541 g/mol. The Morgan fingerprint density at radius 2 is 1.50 bits per heavy atom. The fraction of sp³-hybridized carbons (Fsp3) is 0.261. The van der Waals surface area contributed by atoms with Gasteiger partial charge in [-0.1, -0.05) is 23.7 Å². The molecule has 4 rings (SSSR count). The van der Waals surface area contributed by atoms with E-state index in [9.17, 15) is 18.0 Å². The van der Waals surface area contributed by atoms with Crippen molar-refractivity contribution >= 4 is 53.2 Å². The maximum atomic E-state index is 13.0. The molecule has 2 heterocycles. The van der Waals surface area contributed by atoms with Gasteiger partial charge in [0, 0.05) is 55.2 Å². The molecule has 2 amide bonds. The van der Waals surface area contributed by atoms with Gasteiger partial charge < -0.3 is 21.3 Å². The largest absolute Gasteiger partial charge is 0.433 e. The van der Waals surface area contributed by atoms with E-state index in [0.29, 0.717) is 49.1 Å². The molecule has 0 bridgehead atoms. The average molecular weight is 542 g/mol. The number of nitrogens with zero attached hydrogens (tertiary/aromatic N) is 4. The maximum Gasteiger partial charge on any atom is 0.433 e. The number of anilines is 4. The number of rotatable bonds is 5. The predicted octanol–water partition coefficient (Wildman–Crippen LogP) is 5.12. The van der Waals surface area contributed by atoms with Gasteiger partial charge in [-0.05, 0) is 42.0 Å². The molecule has 4 N–H and O–H groups in total. The molecule has 0 saturated carbocycles. The molecule has 2 aromatic carbocycles. The molecule has 0 spiro atoms. The minimum atomic E-state index is -4.58. The van der Waals surface area contributed by atoms with Crippen LogP contribution >= 0.6 is 24.0 Å². The van der Waals surface area contributed by atoms with Gasteiger partial charge in [0.15, 0.2) is 5.69 Å². The molecule has 1 aliphatic heterocycles. The Bertz CT molecular complexity index is 1170. The van der Waals surface area contributed by atoms with Crippen LogP contribution in [0.15, 0.2) is 54.6 Å². The van der Waals surface area contributed by atoms with Gasteiger partial charge in [-0.15, -0.1) is 12.4 Å². The lowest BCUT2D eigenvalue weighted by Crippen LogP contribution is -2.46. The van der Waals surface area contributed by atoms with Gasteiger partial charge in [-0.25, -0.2) is 9.78 Å². The summed E-state index contributed by atoms with van der Waals surface area (Å²) in [6.07, 6.45) is -4.58. The number of carbonyl (C=O) groups excluding carboxylic acids is 1. The standard InChI is InChI=1S/C23H23ClF3N7O.ClH/c24-16-3-7-18(8-4-16)30-22(35)29-17-5-1-15(2-6-17)14-33-9-11-34(12-10-33)20-13-19(23(25,26)27)31-21(28)32-20;/h1-8,13H,9-12,14H2,(H2,28,31,32)(H2,29,30,35);1H. The van der Waals surface area contributed by atoms with Gasteiger partial charge in [-0.3, -0.25) is 4.90 Å². The molecule has 8 nitrogen and oxygen atoms in total. The zero-order valence-electron chi connectivity index (χ0n) is 18.9. The summed E-state index contributed by atoms with van der Waals surface area (Å²) in [5, 5.41) is 6.09. The summed E-state index contributed by atoms with van der Waals surface area (Å²) >= 11 is 5.84. The van der Waals surface area contributed by atoms with Crippen molar-refractivity contribution in [2.75, 3.05) is 47.4 Å². The van der Waals surface area contributed by atoms with E-state index < -0.39 is 17.8 Å². The summed E-state index contributed by atoms with van der Waals surface area (Å²) in [6, 6.07) is 14.8. The zero-order valence-corrected chi connectivity index (χ0v) is 20.5. The van der Waals surface area contributed by atoms with Crippen LogP contribution in [0.3, 0.4) is 0 Å². The molecule has 1 saturated heterocycles. The van der Waals surface area contributed by atoms with Gasteiger partial charge in [0.2, 0.25) is 5.95 Å². The Morgan fingerprint density at radius 3 is 2.06 bits per heavy atom. The molecule has 36 heavy (non-hydrogen) atoms. The van der Waals surface area contributed by atoms with Gasteiger partial charge >= 0.3 is 12.2 Å². The average Bonchev–Trinajstić information content (AvgIpc) is 2.81. The highest BCUT2D eigenvalue weighted by Gasteiger charge is 2.34. The topological polar surface area (TPSA) is 99.4 Å². The number of hydrogen-bond donors (Lipinski definition) is 3. The molecule has 0 atom stereocenters. The molecule has 3 aromatic rings. The fourth-order valence-electron chi connectivity index (χ4n) is 3.67. The van der Waals surface area contributed by atoms with Crippen LogP contribution in [0.1, 0.15) is 11.3 Å². The summed E-state index contributed by atoms with van der Waals surface area (Å²) in [4.78, 5) is 23.4. The van der Waals surface area contributed by atoms with Crippen LogP contribution in [0.25, 0.3) is 0 Å². The molecule has 1 aromatic heterocycles. The third-order valence-electron chi connectivity index (χ3n) is 5.44. The van der Waals surface area contributed by atoms with Crippen LogP contribution in [0.4, 0.5) is 41.1 Å². The molecule has 0 radical (unpaired) electrons. The number of carbonyl (C=O) groups is 1. The molecule has 1 aliphatic rings. The number of benzene rings is 2. The van der Waals surface area contributed by atoms with Crippen molar-refractivity contribution in [1.82, 2.24) is 14.9 Å². The van der Waals surface area contributed by atoms with Crippen molar-refractivity contribution in [2.45, 2.75) is 12.7 Å². The SMILES string of the molecule is Cl.Nc1nc(N2CCN(Cc3ccc(NC(=O)Nc4ccc(Cl)cc4)cc3)CC2)cc(C(F)(F)F)n1. The lowest BCUT2D eigenvalue weighted by Gasteiger charge is -2.35. The highest BCUT2D eigenvalue weighted by atomic mass is 35.5. The predicted molar refractivity (Wildman–Crippen MR) is 137 cm³/mol. The van der Waals surface area contributed by atoms with Crippen molar-refractivity contribution in [1.29, 1.82) is 0 Å². The molecule has 13 heteroatoms. The summed E-state index contributed by atoms with van der Waals surface area (Å²) in [7, 11) is 0. The van der Waals surface area contributed by atoms with Crippen molar-refractivity contribution in [2.24, 2.45) is 0 Å². The van der Waals surface area contributed by atoms with E-state index in [4.69, 9.17) is 17.3 Å². The molecule has 192 valence electrons. The van der Waals surface area contributed by atoms with E-state index in [0.717, 1.165) is 11.6 Å². The van der Waals surface area contributed by atoms with Crippen LogP contribution in [0.2, 0.25) is 5.02 Å². The number of amides is 2. The van der Waals surface area contributed by atoms with E-state index in [1.54, 1.807) is 29.2 Å². The van der Waals surface area contributed by atoms with E-state index in [1.165, 1.54) is 0 Å². The molecular formula is C23H24Cl2F3N7O. The second-order valence-corrected chi connectivity index (χ2v) is 8.45. The molecular weight excluding hydrogens is 518 g/mol. The number of aromatic nitrogens is 2. The first-order chi connectivity index (χ1) is 16.7. The summed E-state index contributed by atoms with van der Waals surface area (Å²) < 4.78 is 39.1. The Balaban J connectivity index is 0.00000361. The molecule has 0 unspecified atom stereocenters. The summed E-state index contributed by atoms with van der Waals surface area (Å²) in [6.45, 7) is 2.99. The number of hydrogen-bond acceptors (Lipinski definition) is 6. The zero-order chi connectivity index (χ0) is 25.0. The Morgan fingerprint density at radius 1 is 0.944 bits per heavy atom. The minimum Gasteiger partial charge on any atom is -0.368 e. The number of halogens is 5. The number of nitrogen functional groups attached to an aromatic ring is 1. The Kier molecular flexibility index (Phi) is 8.83. The maximum absolute atomic E-state index is 13.0. The van der Waals surface area contributed by atoms with Crippen molar-refractivity contribution < 1.29 is 18.0 Å². The number of nitrogens with two attached hydrogens (primary N) is 1. The van der Waals surface area contributed by atoms with Crippen LogP contribution in [0.5, 0.6) is 0 Å². The van der Waals surface area contributed by atoms with Crippen molar-refractivity contribution in [3.05, 3.63) is 70.9 Å². The van der Waals surface area contributed by atoms with Gasteiger partial charge in [0.1, 0.15) is 5.82 Å². The molecule has 1 fully saturated rings. The van der Waals surface area contributed by atoms with Gasteiger partial charge in [0.25, 0.3) is 0 Å². The lowest BCUT2D eigenvalue weighted by atomic mass is 10.1. The number of alkyl halides is 3. The first-order valence-electron chi connectivity index (χ1n) is 10.8. The third-order valence-corrected chi connectivity index (χ3v) is 5.69. The summed E-state index contributed by atoms with van der Waals surface area (Å²) in [5.41, 5.74) is 6.76. The number of nitrogens with one attached hydrogen (secondary N) is 2. The first kappa shape index (κ1) is 27.3. The van der Waals surface area contributed by atoms with Crippen LogP contribution in [-0.2, 0) is 12.7 Å². The van der Waals surface area contributed by atoms with E-state index in [2.05, 4.69) is 25.5 Å². The van der Waals surface area contributed by atoms with Crippen LogP contribution < -0.4 is 21.3 Å². The second kappa shape index (κ2) is 11.6. The highest BCUT2D eigenvalue weighted by molar-refractivity contribution is 6.30. The van der Waals surface area contributed by atoms with Gasteiger partial charge in [0.05, 0.1) is 0 Å². The lowest BCUT2D eigenvalue weighted by molar-refractivity contribution is -0.141. The Hall–Kier alpha value is -3.28. The fourth-order valence-corrected chi connectivity index (χ4v) is 3.80. The van der Waals surface area contributed by atoms with Crippen LogP contribution in [0, 0.1) is 0 Å². The number of urea groups is 1. The normalized spacial score (nSPS) is 14.2. The first-order valence-corrected chi connectivity index (χ1v) is 11.1. The second-order valence-electron chi connectivity index (χ2n) is 8.01. The van der Waals surface area contributed by atoms with Crippen molar-refractivity contribution in [3.8, 4) is 0 Å². The number of piperazine rings is 1. The Labute approximate surface area is 217 Å². The van der Waals surface area contributed by atoms with E-state index in [1.807, 2.05) is 24.3 Å². The minimum absolute atomic E-state index is 0. The molecule has 0 aliphatic carbocycles. The van der Waals surface area contributed by atoms with Gasteiger partial charge in [-0.2, -0.15) is 18.2 Å². The third kappa shape index (κ3) is 7.36. The van der Waals surface area contributed by atoms with E-state index in [-0.39, 0.29) is 24.3 Å². The quantitative estimate of drug-likeness (QED) is 0.414. The van der Waals surface area contributed by atoms with Crippen LogP contribution in [-0.4, -0.2) is 47.1 Å². The summed E-state index contributed by atoms with van der Waals surface area (Å²) in [5.74, 6) is -0.218.